The molecule has 0 saturated heterocycles. The summed E-state index contributed by atoms with van der Waals surface area (Å²) in [5, 5.41) is 5.83. The van der Waals surface area contributed by atoms with E-state index in [9.17, 15) is 4.79 Å². The van der Waals surface area contributed by atoms with Crippen LogP contribution in [0, 0.1) is 0 Å². The molecule has 0 spiro atoms. The molecule has 1 aromatic heterocycles. The van der Waals surface area contributed by atoms with E-state index in [-0.39, 0.29) is 0 Å². The van der Waals surface area contributed by atoms with Gasteiger partial charge in [-0.15, -0.1) is 0 Å². The molecule has 1 amide bonds. The number of carbonyl (C=O) groups excluding carboxylic acids is 1. The van der Waals surface area contributed by atoms with Gasteiger partial charge >= 0.3 is 0 Å². The van der Waals surface area contributed by atoms with Crippen molar-refractivity contribution in [2.24, 2.45) is 0 Å². The van der Waals surface area contributed by atoms with E-state index >= 15 is 0 Å². The summed E-state index contributed by atoms with van der Waals surface area (Å²) in [7, 11) is 1.97. The Morgan fingerprint density at radius 3 is 2.63 bits per heavy atom. The summed E-state index contributed by atoms with van der Waals surface area (Å²) in [5.74, 6) is 0. The summed E-state index contributed by atoms with van der Waals surface area (Å²) in [6.45, 7) is 2.22. The van der Waals surface area contributed by atoms with Crippen LogP contribution in [-0.4, -0.2) is 18.4 Å². The number of aromatic amines is 1. The molecule has 0 bridgehead atoms. The van der Waals surface area contributed by atoms with Gasteiger partial charge in [-0.3, -0.25) is 4.79 Å². The molecular formula is C23H33N3O. The highest BCUT2D eigenvalue weighted by atomic mass is 16.1. The molecule has 2 aromatic rings. The number of aryl methyl sites for hydroxylation is 1. The molecule has 0 saturated carbocycles. The average molecular weight is 368 g/mol. The van der Waals surface area contributed by atoms with Crippen LogP contribution in [0.25, 0.3) is 0 Å². The molecule has 0 aliphatic heterocycles. The first-order valence-electron chi connectivity index (χ1n) is 10.1. The topological polar surface area (TPSA) is 56.9 Å². The Labute approximate surface area is 163 Å². The van der Waals surface area contributed by atoms with E-state index < -0.39 is 0 Å². The maximum Gasteiger partial charge on any atom is 0.211 e. The third-order valence-corrected chi connectivity index (χ3v) is 4.90. The number of aromatic nitrogens is 1. The SMILES string of the molecule is CCCCCCc1ccc(NC=O)cc1.CNc1c[nH]c2c1CCC=CC2. The van der Waals surface area contributed by atoms with Gasteiger partial charge in [0, 0.05) is 31.0 Å². The van der Waals surface area contributed by atoms with Crippen molar-refractivity contribution in [2.45, 2.75) is 58.3 Å². The van der Waals surface area contributed by atoms with Gasteiger partial charge in [-0.05, 0) is 48.9 Å². The number of anilines is 2. The lowest BCUT2D eigenvalue weighted by Gasteiger charge is -2.03. The Morgan fingerprint density at radius 1 is 1.11 bits per heavy atom. The number of carbonyl (C=O) groups is 1. The molecule has 146 valence electrons. The number of hydrogen-bond donors (Lipinski definition) is 3. The van der Waals surface area contributed by atoms with Crippen molar-refractivity contribution in [1.29, 1.82) is 0 Å². The second-order valence-corrected chi connectivity index (χ2v) is 6.89. The minimum Gasteiger partial charge on any atom is -0.387 e. The van der Waals surface area contributed by atoms with Gasteiger partial charge in [0.15, 0.2) is 0 Å². The molecule has 27 heavy (non-hydrogen) atoms. The predicted octanol–water partition coefficient (Wildman–Crippen LogP) is 5.48. The van der Waals surface area contributed by atoms with Crippen molar-refractivity contribution >= 4 is 17.8 Å². The van der Waals surface area contributed by atoms with Crippen LogP contribution in [0.1, 0.15) is 55.8 Å². The van der Waals surface area contributed by atoms with Gasteiger partial charge in [-0.2, -0.15) is 0 Å². The molecule has 1 heterocycles. The zero-order valence-corrected chi connectivity index (χ0v) is 16.7. The number of hydrogen-bond acceptors (Lipinski definition) is 2. The fourth-order valence-corrected chi connectivity index (χ4v) is 3.33. The average Bonchev–Trinajstić information content (AvgIpc) is 2.94. The fraction of sp³-hybridized carbons (Fsp3) is 0.435. The van der Waals surface area contributed by atoms with Gasteiger partial charge < -0.3 is 15.6 Å². The fourth-order valence-electron chi connectivity index (χ4n) is 3.33. The quantitative estimate of drug-likeness (QED) is 0.329. The summed E-state index contributed by atoms with van der Waals surface area (Å²) in [6.07, 6.45) is 16.9. The van der Waals surface area contributed by atoms with Crippen LogP contribution in [0.4, 0.5) is 11.4 Å². The Balaban J connectivity index is 0.000000198. The van der Waals surface area contributed by atoms with Crippen molar-refractivity contribution < 1.29 is 4.79 Å². The number of fused-ring (bicyclic) bond motifs is 1. The second kappa shape index (κ2) is 12.0. The smallest absolute Gasteiger partial charge is 0.211 e. The zero-order chi connectivity index (χ0) is 19.3. The standard InChI is InChI=1S/C13H19NO.C10H14N2/c1-2-3-4-5-6-12-7-9-13(10-8-12)14-11-15;1-11-10-7-12-9-6-4-2-3-5-8(9)10/h7-11H,2-6H2,1H3,(H,14,15);2,4,7,11-12H,3,5-6H2,1H3. The Kier molecular flexibility index (Phi) is 9.25. The van der Waals surface area contributed by atoms with Gasteiger partial charge in [0.1, 0.15) is 0 Å². The summed E-state index contributed by atoms with van der Waals surface area (Å²) in [5.41, 5.74) is 6.30. The minimum atomic E-state index is 0.705. The highest BCUT2D eigenvalue weighted by Crippen LogP contribution is 2.23. The molecule has 1 aliphatic carbocycles. The van der Waals surface area contributed by atoms with Gasteiger partial charge in [0.2, 0.25) is 6.41 Å². The first-order chi connectivity index (χ1) is 13.3. The Morgan fingerprint density at radius 2 is 1.93 bits per heavy atom. The molecule has 0 fully saturated rings. The lowest BCUT2D eigenvalue weighted by Crippen LogP contribution is -1.93. The van der Waals surface area contributed by atoms with Gasteiger partial charge in [0.25, 0.3) is 0 Å². The van der Waals surface area contributed by atoms with Crippen molar-refractivity contribution in [3.05, 3.63) is 59.4 Å². The third-order valence-electron chi connectivity index (χ3n) is 4.90. The predicted molar refractivity (Wildman–Crippen MR) is 115 cm³/mol. The van der Waals surface area contributed by atoms with E-state index in [1.807, 2.05) is 19.2 Å². The van der Waals surface area contributed by atoms with Crippen LogP contribution >= 0.6 is 0 Å². The number of amides is 1. The van der Waals surface area contributed by atoms with Crippen LogP contribution in [0.5, 0.6) is 0 Å². The first-order valence-corrected chi connectivity index (χ1v) is 10.1. The Bertz CT molecular complexity index is 701. The third kappa shape index (κ3) is 6.97. The van der Waals surface area contributed by atoms with Crippen LogP contribution in [0.2, 0.25) is 0 Å². The van der Waals surface area contributed by atoms with Crippen molar-refractivity contribution in [3.8, 4) is 0 Å². The Hall–Kier alpha value is -2.49. The molecule has 0 atom stereocenters. The molecular weight excluding hydrogens is 334 g/mol. The van der Waals surface area contributed by atoms with Crippen LogP contribution < -0.4 is 10.6 Å². The molecule has 1 aliphatic rings. The lowest BCUT2D eigenvalue weighted by molar-refractivity contribution is -0.105. The lowest BCUT2D eigenvalue weighted by atomic mass is 10.1. The number of allylic oxidation sites excluding steroid dienone is 2. The molecule has 3 N–H and O–H groups in total. The summed E-state index contributed by atoms with van der Waals surface area (Å²) in [4.78, 5) is 13.5. The van der Waals surface area contributed by atoms with Gasteiger partial charge in [-0.25, -0.2) is 0 Å². The van der Waals surface area contributed by atoms with Gasteiger partial charge in [-0.1, -0.05) is 50.5 Å². The zero-order valence-electron chi connectivity index (χ0n) is 16.7. The largest absolute Gasteiger partial charge is 0.387 e. The van der Waals surface area contributed by atoms with Gasteiger partial charge in [0.05, 0.1) is 5.69 Å². The maximum atomic E-state index is 10.2. The van der Waals surface area contributed by atoms with Crippen molar-refractivity contribution in [1.82, 2.24) is 4.98 Å². The normalized spacial score (nSPS) is 12.4. The molecule has 4 heteroatoms. The summed E-state index contributed by atoms with van der Waals surface area (Å²) in [6, 6.07) is 8.06. The van der Waals surface area contributed by atoms with Crippen molar-refractivity contribution in [2.75, 3.05) is 17.7 Å². The van der Waals surface area contributed by atoms with E-state index in [0.29, 0.717) is 6.41 Å². The van der Waals surface area contributed by atoms with E-state index in [1.165, 1.54) is 54.6 Å². The molecule has 4 nitrogen and oxygen atoms in total. The highest BCUT2D eigenvalue weighted by molar-refractivity contribution is 5.71. The van der Waals surface area contributed by atoms with Crippen LogP contribution in [0.15, 0.2) is 42.6 Å². The molecule has 1 aromatic carbocycles. The van der Waals surface area contributed by atoms with E-state index in [2.05, 4.69) is 53.0 Å². The number of benzene rings is 1. The highest BCUT2D eigenvalue weighted by Gasteiger charge is 2.09. The maximum absolute atomic E-state index is 10.2. The number of unbranched alkanes of at least 4 members (excludes halogenated alkanes) is 3. The minimum absolute atomic E-state index is 0.705. The van der Waals surface area contributed by atoms with Crippen LogP contribution in [-0.2, 0) is 24.1 Å². The summed E-state index contributed by atoms with van der Waals surface area (Å²) < 4.78 is 0. The summed E-state index contributed by atoms with van der Waals surface area (Å²) >= 11 is 0. The van der Waals surface area contributed by atoms with Crippen LogP contribution in [0.3, 0.4) is 0 Å². The molecule has 0 unspecified atom stereocenters. The van der Waals surface area contributed by atoms with E-state index in [0.717, 1.165) is 24.9 Å². The molecule has 0 radical (unpaired) electrons. The van der Waals surface area contributed by atoms with E-state index in [1.54, 1.807) is 0 Å². The van der Waals surface area contributed by atoms with Crippen molar-refractivity contribution in [3.63, 3.8) is 0 Å². The molecule has 3 rings (SSSR count). The van der Waals surface area contributed by atoms with E-state index in [4.69, 9.17) is 0 Å². The first kappa shape index (κ1) is 20.8. The monoisotopic (exact) mass is 367 g/mol. The second-order valence-electron chi connectivity index (χ2n) is 6.89. The number of rotatable bonds is 8. The number of H-pyrrole nitrogens is 1. The number of nitrogens with one attached hydrogen (secondary N) is 3.